The fourth-order valence-electron chi connectivity index (χ4n) is 5.19. The summed E-state index contributed by atoms with van der Waals surface area (Å²) in [6, 6.07) is 15.2. The Labute approximate surface area is 201 Å². The van der Waals surface area contributed by atoms with Crippen LogP contribution in [0.4, 0.5) is 4.39 Å². The summed E-state index contributed by atoms with van der Waals surface area (Å²) in [4.78, 5) is 20.1. The second-order valence-electron chi connectivity index (χ2n) is 9.51. The van der Waals surface area contributed by atoms with Crippen molar-refractivity contribution in [1.29, 1.82) is 5.41 Å². The second-order valence-corrected chi connectivity index (χ2v) is 9.51. The van der Waals surface area contributed by atoms with E-state index < -0.39 is 0 Å². The summed E-state index contributed by atoms with van der Waals surface area (Å²) in [5.41, 5.74) is 3.57. The second kappa shape index (κ2) is 10.5. The molecule has 0 unspecified atom stereocenters. The monoisotopic (exact) mass is 462 g/mol. The molecular formula is C28H35FN4O. The van der Waals surface area contributed by atoms with Crippen molar-refractivity contribution in [1.82, 2.24) is 14.8 Å². The maximum Gasteiger partial charge on any atom is 0.226 e. The number of carbonyl (C=O) groups is 1. The third-order valence-corrected chi connectivity index (χ3v) is 7.36. The van der Waals surface area contributed by atoms with Gasteiger partial charge in [0, 0.05) is 48.4 Å². The van der Waals surface area contributed by atoms with Gasteiger partial charge < -0.3 is 20.2 Å². The number of hydrogen-bond acceptors (Lipinski definition) is 3. The highest BCUT2D eigenvalue weighted by molar-refractivity contribution is 5.92. The van der Waals surface area contributed by atoms with Gasteiger partial charge in [0.05, 0.1) is 6.42 Å². The highest BCUT2D eigenvalue weighted by Gasteiger charge is 2.39. The van der Waals surface area contributed by atoms with E-state index in [-0.39, 0.29) is 17.1 Å². The number of rotatable bonds is 9. The van der Waals surface area contributed by atoms with E-state index in [4.69, 9.17) is 5.41 Å². The van der Waals surface area contributed by atoms with Crippen molar-refractivity contribution in [3.8, 4) is 0 Å². The number of aromatic amines is 1. The average molecular weight is 463 g/mol. The summed E-state index contributed by atoms with van der Waals surface area (Å²) in [6.45, 7) is 5.49. The molecule has 0 radical (unpaired) electrons. The number of piperidine rings is 1. The van der Waals surface area contributed by atoms with Crippen LogP contribution in [0.15, 0.2) is 54.7 Å². The average Bonchev–Trinajstić information content (AvgIpc) is 3.25. The largest absolute Gasteiger partial charge is 0.361 e. The molecule has 180 valence electrons. The van der Waals surface area contributed by atoms with Crippen molar-refractivity contribution >= 4 is 22.5 Å². The summed E-state index contributed by atoms with van der Waals surface area (Å²) in [5.74, 6) is -0.224. The summed E-state index contributed by atoms with van der Waals surface area (Å²) < 4.78 is 13.4. The lowest BCUT2D eigenvalue weighted by atomic mass is 9.68. The number of likely N-dealkylation sites (N-methyl/N-ethyl adjacent to an activating group) is 1. The van der Waals surface area contributed by atoms with Gasteiger partial charge in [-0.05, 0) is 61.7 Å². The normalized spacial score (nSPS) is 16.0. The molecule has 0 spiro atoms. The number of aromatic nitrogens is 1. The summed E-state index contributed by atoms with van der Waals surface area (Å²) >= 11 is 0. The minimum atomic E-state index is -0.285. The first kappa shape index (κ1) is 24.1. The number of benzene rings is 2. The molecule has 1 aliphatic heterocycles. The third kappa shape index (κ3) is 5.07. The van der Waals surface area contributed by atoms with E-state index in [2.05, 4.69) is 41.1 Å². The minimum Gasteiger partial charge on any atom is -0.361 e. The number of carbonyl (C=O) groups excluding carboxylic acids is 1. The van der Waals surface area contributed by atoms with Crippen LogP contribution in [-0.4, -0.2) is 59.6 Å². The lowest BCUT2D eigenvalue weighted by Crippen LogP contribution is -2.48. The SMILES string of the molecule is CCCC(=N)C1(c2ccccc2)CCN(CCN(C)C(=O)Cc2c[nH]c3cc(F)ccc23)CC1. The quantitative estimate of drug-likeness (QED) is 0.432. The van der Waals surface area contributed by atoms with Gasteiger partial charge in [0.2, 0.25) is 5.91 Å². The third-order valence-electron chi connectivity index (χ3n) is 7.36. The van der Waals surface area contributed by atoms with Gasteiger partial charge in [-0.2, -0.15) is 0 Å². The summed E-state index contributed by atoms with van der Waals surface area (Å²) in [5, 5.41) is 9.72. The van der Waals surface area contributed by atoms with Crippen LogP contribution in [-0.2, 0) is 16.6 Å². The molecule has 6 heteroatoms. The number of halogens is 1. The van der Waals surface area contributed by atoms with Crippen LogP contribution < -0.4 is 0 Å². The lowest BCUT2D eigenvalue weighted by Gasteiger charge is -2.43. The Hall–Kier alpha value is -2.99. The van der Waals surface area contributed by atoms with Crippen molar-refractivity contribution in [3.63, 3.8) is 0 Å². The van der Waals surface area contributed by atoms with Gasteiger partial charge in [0.1, 0.15) is 5.82 Å². The number of fused-ring (bicyclic) bond motifs is 1. The van der Waals surface area contributed by atoms with Crippen molar-refractivity contribution < 1.29 is 9.18 Å². The minimum absolute atomic E-state index is 0.0607. The van der Waals surface area contributed by atoms with Gasteiger partial charge in [0.25, 0.3) is 0 Å². The van der Waals surface area contributed by atoms with Gasteiger partial charge in [-0.3, -0.25) is 4.79 Å². The van der Waals surface area contributed by atoms with E-state index in [1.807, 2.05) is 13.1 Å². The molecule has 0 atom stereocenters. The van der Waals surface area contributed by atoms with Gasteiger partial charge in [0.15, 0.2) is 0 Å². The predicted octanol–water partition coefficient (Wildman–Crippen LogP) is 5.16. The molecule has 1 aromatic heterocycles. The van der Waals surface area contributed by atoms with Crippen molar-refractivity contribution in [2.24, 2.45) is 0 Å². The zero-order valence-electron chi connectivity index (χ0n) is 20.2. The molecule has 5 nitrogen and oxygen atoms in total. The van der Waals surface area contributed by atoms with Crippen LogP contribution in [0.3, 0.4) is 0 Å². The molecular weight excluding hydrogens is 427 g/mol. The van der Waals surface area contributed by atoms with Crippen molar-refractivity contribution in [3.05, 3.63) is 71.7 Å². The zero-order valence-corrected chi connectivity index (χ0v) is 20.2. The molecule has 2 heterocycles. The Morgan fingerprint density at radius 3 is 2.62 bits per heavy atom. The number of amides is 1. The molecule has 34 heavy (non-hydrogen) atoms. The number of H-pyrrole nitrogens is 1. The fourth-order valence-corrected chi connectivity index (χ4v) is 5.19. The molecule has 1 fully saturated rings. The van der Waals surface area contributed by atoms with Gasteiger partial charge in [-0.25, -0.2) is 4.39 Å². The zero-order chi connectivity index (χ0) is 24.1. The molecule has 1 aliphatic rings. The van der Waals surface area contributed by atoms with E-state index in [0.29, 0.717) is 18.5 Å². The number of nitrogens with zero attached hydrogens (tertiary/aromatic N) is 2. The van der Waals surface area contributed by atoms with E-state index in [1.165, 1.54) is 17.7 Å². The fraction of sp³-hybridized carbons (Fsp3) is 0.429. The smallest absolute Gasteiger partial charge is 0.226 e. The lowest BCUT2D eigenvalue weighted by molar-refractivity contribution is -0.129. The molecule has 4 rings (SSSR count). The van der Waals surface area contributed by atoms with Crippen molar-refractivity contribution in [2.45, 2.75) is 44.4 Å². The Balaban J connectivity index is 1.32. The topological polar surface area (TPSA) is 63.2 Å². The Kier molecular flexibility index (Phi) is 7.47. The molecule has 1 amide bonds. The predicted molar refractivity (Wildman–Crippen MR) is 136 cm³/mol. The molecule has 1 saturated heterocycles. The van der Waals surface area contributed by atoms with Crippen LogP contribution in [0.5, 0.6) is 0 Å². The summed E-state index contributed by atoms with van der Waals surface area (Å²) in [7, 11) is 1.85. The van der Waals surface area contributed by atoms with Crippen LogP contribution in [0.2, 0.25) is 0 Å². The van der Waals surface area contributed by atoms with Gasteiger partial charge in [-0.1, -0.05) is 43.7 Å². The molecule has 2 aromatic carbocycles. The van der Waals surface area contributed by atoms with Gasteiger partial charge >= 0.3 is 0 Å². The highest BCUT2D eigenvalue weighted by atomic mass is 19.1. The first-order valence-corrected chi connectivity index (χ1v) is 12.3. The molecule has 2 N–H and O–H groups in total. The van der Waals surface area contributed by atoms with Gasteiger partial charge in [-0.15, -0.1) is 0 Å². The Morgan fingerprint density at radius 2 is 1.91 bits per heavy atom. The van der Waals surface area contributed by atoms with Crippen LogP contribution >= 0.6 is 0 Å². The maximum atomic E-state index is 13.4. The molecule has 3 aromatic rings. The van der Waals surface area contributed by atoms with E-state index in [0.717, 1.165) is 62.0 Å². The first-order chi connectivity index (χ1) is 16.4. The van der Waals surface area contributed by atoms with Crippen LogP contribution in [0, 0.1) is 11.2 Å². The summed E-state index contributed by atoms with van der Waals surface area (Å²) in [6.07, 6.45) is 5.82. The number of nitrogens with one attached hydrogen (secondary N) is 2. The van der Waals surface area contributed by atoms with E-state index >= 15 is 0 Å². The Morgan fingerprint density at radius 1 is 1.18 bits per heavy atom. The van der Waals surface area contributed by atoms with Crippen LogP contribution in [0.1, 0.15) is 43.7 Å². The van der Waals surface area contributed by atoms with E-state index in [1.54, 1.807) is 17.2 Å². The first-order valence-electron chi connectivity index (χ1n) is 12.3. The van der Waals surface area contributed by atoms with E-state index in [9.17, 15) is 9.18 Å². The van der Waals surface area contributed by atoms with Crippen molar-refractivity contribution in [2.75, 3.05) is 33.2 Å². The molecule has 0 saturated carbocycles. The molecule has 0 bridgehead atoms. The van der Waals surface area contributed by atoms with Crippen LogP contribution in [0.25, 0.3) is 10.9 Å². The number of likely N-dealkylation sites (tertiary alicyclic amines) is 1. The number of hydrogen-bond donors (Lipinski definition) is 2. The maximum absolute atomic E-state index is 13.4. The Bertz CT molecular complexity index is 1130. The molecule has 0 aliphatic carbocycles. The highest BCUT2D eigenvalue weighted by Crippen LogP contribution is 2.38. The standard InChI is InChI=1S/C28H35FN4O/c1-3-7-26(30)28(22-8-5-4-6-9-22)12-14-33(15-13-28)17-16-32(2)27(34)18-21-20-31-25-19-23(29)10-11-24(21)25/h4-6,8-11,19-20,30-31H,3,7,12-18H2,1-2H3.